The fourth-order valence-electron chi connectivity index (χ4n) is 2.81. The van der Waals surface area contributed by atoms with Crippen LogP contribution in [0.15, 0.2) is 16.5 Å². The molecule has 3 heterocycles. The largest absolute Gasteiger partial charge is 0.532 e. The maximum absolute atomic E-state index is 12.0. The van der Waals surface area contributed by atoms with E-state index in [-0.39, 0.29) is 12.0 Å². The molecule has 2 saturated heterocycles. The highest BCUT2D eigenvalue weighted by molar-refractivity contribution is 6.60. The van der Waals surface area contributed by atoms with Gasteiger partial charge < -0.3 is 23.4 Å². The maximum atomic E-state index is 12.0. The van der Waals surface area contributed by atoms with Crippen molar-refractivity contribution in [3.8, 4) is 0 Å². The summed E-state index contributed by atoms with van der Waals surface area (Å²) in [6.45, 7) is 14.9. The molecule has 7 heteroatoms. The highest BCUT2D eigenvalue weighted by Crippen LogP contribution is 2.37. The van der Waals surface area contributed by atoms with E-state index >= 15 is 0 Å². The summed E-state index contributed by atoms with van der Waals surface area (Å²) >= 11 is 0. The summed E-state index contributed by atoms with van der Waals surface area (Å²) in [6, 6.07) is 3.84. The summed E-state index contributed by atoms with van der Waals surface area (Å²) in [5.74, 6) is 1.04. The molecule has 0 spiro atoms. The van der Waals surface area contributed by atoms with Crippen molar-refractivity contribution in [1.82, 2.24) is 4.90 Å². The van der Waals surface area contributed by atoms with Crippen molar-refractivity contribution < 1.29 is 23.3 Å². The Balaban J connectivity index is 1.59. The monoisotopic (exact) mass is 349 g/mol. The van der Waals surface area contributed by atoms with Gasteiger partial charge >= 0.3 is 13.2 Å². The van der Waals surface area contributed by atoms with Crippen LogP contribution in [-0.2, 0) is 14.0 Å². The topological polar surface area (TPSA) is 61.1 Å². The third-order valence-electron chi connectivity index (χ3n) is 5.07. The molecule has 138 valence electrons. The molecular weight excluding hydrogens is 321 g/mol. The fourth-order valence-corrected chi connectivity index (χ4v) is 2.81. The van der Waals surface area contributed by atoms with E-state index in [0.29, 0.717) is 18.7 Å². The van der Waals surface area contributed by atoms with Crippen molar-refractivity contribution in [3.05, 3.63) is 17.9 Å². The first-order chi connectivity index (χ1) is 11.4. The Morgan fingerprint density at radius 2 is 1.72 bits per heavy atom. The number of hydrogen-bond donors (Lipinski definition) is 0. The molecule has 0 saturated carbocycles. The van der Waals surface area contributed by atoms with Crippen LogP contribution >= 0.6 is 0 Å². The molecule has 3 rings (SSSR count). The van der Waals surface area contributed by atoms with E-state index in [1.165, 1.54) is 0 Å². The molecule has 0 N–H and O–H groups in total. The molecule has 1 aromatic rings. The lowest BCUT2D eigenvalue weighted by molar-refractivity contribution is 0.00578. The highest BCUT2D eigenvalue weighted by Gasteiger charge is 2.53. The third kappa shape index (κ3) is 3.58. The van der Waals surface area contributed by atoms with Gasteiger partial charge in [0, 0.05) is 13.1 Å². The summed E-state index contributed by atoms with van der Waals surface area (Å²) < 4.78 is 23.3. The predicted octanol–water partition coefficient (Wildman–Crippen LogP) is 2.91. The number of likely N-dealkylation sites (tertiary alicyclic amines) is 1. The van der Waals surface area contributed by atoms with Gasteiger partial charge in [0.25, 0.3) is 0 Å². The number of amides is 1. The number of hydrogen-bond acceptors (Lipinski definition) is 5. The van der Waals surface area contributed by atoms with Crippen LogP contribution in [0.1, 0.15) is 60.1 Å². The zero-order chi connectivity index (χ0) is 18.6. The Morgan fingerprint density at radius 3 is 2.24 bits per heavy atom. The van der Waals surface area contributed by atoms with E-state index in [1.54, 1.807) is 4.90 Å². The second-order valence-electron chi connectivity index (χ2n) is 8.91. The lowest BCUT2D eigenvalue weighted by atomic mass is 9.86. The Labute approximate surface area is 149 Å². The normalized spacial score (nSPS) is 22.8. The molecule has 2 fully saturated rings. The molecule has 6 nitrogen and oxygen atoms in total. The van der Waals surface area contributed by atoms with E-state index in [0.717, 1.165) is 5.76 Å². The summed E-state index contributed by atoms with van der Waals surface area (Å²) in [5.41, 5.74) is -0.593. The van der Waals surface area contributed by atoms with Gasteiger partial charge in [0.1, 0.15) is 17.0 Å². The van der Waals surface area contributed by atoms with E-state index in [9.17, 15) is 4.79 Å². The number of carbonyl (C=O) groups excluding carboxylic acids is 1. The second-order valence-corrected chi connectivity index (χ2v) is 8.91. The molecule has 25 heavy (non-hydrogen) atoms. The molecule has 1 amide bonds. The minimum atomic E-state index is -0.499. The Kier molecular flexibility index (Phi) is 4.24. The van der Waals surface area contributed by atoms with Crippen molar-refractivity contribution in [2.45, 2.75) is 71.2 Å². The van der Waals surface area contributed by atoms with Gasteiger partial charge in [-0.25, -0.2) is 4.79 Å². The zero-order valence-corrected chi connectivity index (χ0v) is 16.2. The van der Waals surface area contributed by atoms with E-state index < -0.39 is 23.9 Å². The molecule has 1 aromatic heterocycles. The molecule has 0 radical (unpaired) electrons. The van der Waals surface area contributed by atoms with Crippen molar-refractivity contribution in [2.24, 2.45) is 0 Å². The molecule has 2 aliphatic rings. The Morgan fingerprint density at radius 1 is 1.16 bits per heavy atom. The summed E-state index contributed by atoms with van der Waals surface area (Å²) in [7, 11) is -0.499. The van der Waals surface area contributed by atoms with Crippen LogP contribution in [0.5, 0.6) is 0 Å². The molecule has 0 aliphatic carbocycles. The van der Waals surface area contributed by atoms with Crippen molar-refractivity contribution >= 4 is 18.9 Å². The minimum absolute atomic E-state index is 0.184. The Hall–Kier alpha value is -1.47. The second kappa shape index (κ2) is 5.78. The number of furan rings is 1. The summed E-state index contributed by atoms with van der Waals surface area (Å²) in [5, 5.41) is 0. The van der Waals surface area contributed by atoms with Gasteiger partial charge in [-0.15, -0.1) is 0 Å². The first kappa shape index (κ1) is 18.3. The number of nitrogens with zero attached hydrogens (tertiary/aromatic N) is 1. The summed E-state index contributed by atoms with van der Waals surface area (Å²) in [4.78, 5) is 13.7. The molecule has 0 unspecified atom stereocenters. The third-order valence-corrected chi connectivity index (χ3v) is 5.07. The van der Waals surface area contributed by atoms with Crippen LogP contribution in [0.3, 0.4) is 0 Å². The molecule has 0 aromatic carbocycles. The summed E-state index contributed by atoms with van der Waals surface area (Å²) in [6.07, 6.45) is -0.276. The predicted molar refractivity (Wildman–Crippen MR) is 95.0 cm³/mol. The number of rotatable bonds is 2. The quantitative estimate of drug-likeness (QED) is 0.769. The van der Waals surface area contributed by atoms with E-state index in [2.05, 4.69) is 0 Å². The average Bonchev–Trinajstić information content (AvgIpc) is 2.89. The van der Waals surface area contributed by atoms with Crippen molar-refractivity contribution in [2.75, 3.05) is 13.1 Å². The number of carbonyl (C=O) groups is 1. The number of ether oxygens (including phenoxy) is 1. The first-order valence-corrected chi connectivity index (χ1v) is 8.81. The highest BCUT2D eigenvalue weighted by atomic mass is 16.7. The van der Waals surface area contributed by atoms with Crippen LogP contribution < -0.4 is 5.66 Å². The van der Waals surface area contributed by atoms with Crippen LogP contribution in [0.4, 0.5) is 4.79 Å². The lowest BCUT2D eigenvalue weighted by Crippen LogP contribution is -2.50. The molecule has 2 aliphatic heterocycles. The van der Waals surface area contributed by atoms with E-state index in [4.69, 9.17) is 18.5 Å². The minimum Gasteiger partial charge on any atom is -0.469 e. The molecule has 0 atom stereocenters. The zero-order valence-electron chi connectivity index (χ0n) is 16.2. The first-order valence-electron chi connectivity index (χ1n) is 8.81. The molecular formula is C18H28BNO5. The lowest BCUT2D eigenvalue weighted by Gasteiger charge is -2.38. The fraction of sp³-hybridized carbons (Fsp3) is 0.722. The van der Waals surface area contributed by atoms with Gasteiger partial charge in [0.15, 0.2) is 0 Å². The van der Waals surface area contributed by atoms with Gasteiger partial charge in [0.2, 0.25) is 0 Å². The standard InChI is InChI=1S/C18H28BNO5/c1-16(2,3)23-15(21)20-10-12(11-20)13-8-9-14(22-13)19-24-17(4,5)18(6,7)25-19/h8-9,12H,10-11H2,1-7H3. The van der Waals surface area contributed by atoms with Gasteiger partial charge in [-0.05, 0) is 60.6 Å². The van der Waals surface area contributed by atoms with Crippen LogP contribution in [0.2, 0.25) is 0 Å². The van der Waals surface area contributed by atoms with Gasteiger partial charge in [0.05, 0.1) is 17.1 Å². The van der Waals surface area contributed by atoms with Crippen molar-refractivity contribution in [3.63, 3.8) is 0 Å². The smallest absolute Gasteiger partial charge is 0.469 e. The Bertz CT molecular complexity index is 639. The van der Waals surface area contributed by atoms with Crippen LogP contribution in [-0.4, -0.2) is 48.0 Å². The van der Waals surface area contributed by atoms with Crippen LogP contribution in [0, 0.1) is 0 Å². The van der Waals surface area contributed by atoms with Gasteiger partial charge in [-0.3, -0.25) is 0 Å². The average molecular weight is 349 g/mol. The van der Waals surface area contributed by atoms with Gasteiger partial charge in [-0.2, -0.15) is 0 Å². The van der Waals surface area contributed by atoms with E-state index in [1.807, 2.05) is 60.6 Å². The van der Waals surface area contributed by atoms with Crippen LogP contribution in [0.25, 0.3) is 0 Å². The van der Waals surface area contributed by atoms with Gasteiger partial charge in [-0.1, -0.05) is 0 Å². The maximum Gasteiger partial charge on any atom is 0.532 e. The van der Waals surface area contributed by atoms with Crippen molar-refractivity contribution in [1.29, 1.82) is 0 Å². The SMILES string of the molecule is CC(C)(C)OC(=O)N1CC(c2ccc(B3OC(C)(C)C(C)(C)O3)o2)C1. The molecule has 0 bridgehead atoms.